The van der Waals surface area contributed by atoms with E-state index in [0.717, 1.165) is 12.8 Å². The van der Waals surface area contributed by atoms with Crippen LogP contribution < -0.4 is 0 Å². The van der Waals surface area contributed by atoms with Crippen molar-refractivity contribution in [2.24, 2.45) is 0 Å². The van der Waals surface area contributed by atoms with Crippen LogP contribution in [0.1, 0.15) is 58.3 Å². The van der Waals surface area contributed by atoms with Gasteiger partial charge in [0.1, 0.15) is 6.10 Å². The number of carbonyl (C=O) groups excluding carboxylic acids is 1. The Morgan fingerprint density at radius 1 is 1.13 bits per heavy atom. The summed E-state index contributed by atoms with van der Waals surface area (Å²) in [5, 5.41) is 9.17. The van der Waals surface area contributed by atoms with Crippen LogP contribution in [0.2, 0.25) is 0 Å². The third-order valence-corrected chi connectivity index (χ3v) is 2.95. The van der Waals surface area contributed by atoms with Crippen molar-refractivity contribution in [1.82, 2.24) is 0 Å². The van der Waals surface area contributed by atoms with Gasteiger partial charge in [0.25, 0.3) is 0 Å². The van der Waals surface area contributed by atoms with Crippen molar-refractivity contribution < 1.29 is 14.6 Å². The maximum Gasteiger partial charge on any atom is 0.339 e. The number of esters is 1. The van der Waals surface area contributed by atoms with Crippen LogP contribution in [0, 0.1) is 0 Å². The first kappa shape index (κ1) is 12.5. The van der Waals surface area contributed by atoms with Crippen molar-refractivity contribution in [3.05, 3.63) is 0 Å². The zero-order chi connectivity index (χ0) is 11.1. The van der Waals surface area contributed by atoms with Gasteiger partial charge in [0.15, 0.2) is 6.10 Å². The van der Waals surface area contributed by atoms with Crippen LogP contribution in [0.25, 0.3) is 0 Å². The Hall–Kier alpha value is -0.570. The first-order chi connectivity index (χ1) is 7.25. The van der Waals surface area contributed by atoms with Gasteiger partial charge in [-0.25, -0.2) is 4.79 Å². The van der Waals surface area contributed by atoms with E-state index in [4.69, 9.17) is 4.74 Å². The molecule has 3 heteroatoms. The standard InChI is InChI=1S/C12H22O3/c1-2-3-4-5-6-7-8-9-10-11(13)12(14)15-10/h10-11,13H,2-9H2,1H3. The SMILES string of the molecule is CCCCCCCCCC1OC(=O)C1O. The minimum atomic E-state index is -0.843. The number of ether oxygens (including phenoxy) is 1. The summed E-state index contributed by atoms with van der Waals surface area (Å²) in [6.07, 6.45) is 8.52. The fourth-order valence-corrected chi connectivity index (χ4v) is 1.88. The summed E-state index contributed by atoms with van der Waals surface area (Å²) in [7, 11) is 0. The van der Waals surface area contributed by atoms with Gasteiger partial charge in [-0.1, -0.05) is 45.4 Å². The van der Waals surface area contributed by atoms with Gasteiger partial charge >= 0.3 is 5.97 Å². The number of rotatable bonds is 8. The normalized spacial score (nSPS) is 24.8. The topological polar surface area (TPSA) is 46.5 Å². The van der Waals surface area contributed by atoms with Crippen molar-refractivity contribution in [3.8, 4) is 0 Å². The molecule has 0 aromatic carbocycles. The van der Waals surface area contributed by atoms with Crippen LogP contribution >= 0.6 is 0 Å². The molecule has 2 atom stereocenters. The van der Waals surface area contributed by atoms with Crippen LogP contribution in [0.5, 0.6) is 0 Å². The minimum absolute atomic E-state index is 0.215. The number of unbranched alkanes of at least 4 members (excludes halogenated alkanes) is 6. The molecule has 1 fully saturated rings. The summed E-state index contributed by atoms with van der Waals surface area (Å²) in [6.45, 7) is 2.21. The average Bonchev–Trinajstić information content (AvgIpc) is 2.26. The molecule has 1 saturated heterocycles. The Bertz CT molecular complexity index is 191. The lowest BCUT2D eigenvalue weighted by Gasteiger charge is -2.31. The van der Waals surface area contributed by atoms with Crippen molar-refractivity contribution in [1.29, 1.82) is 0 Å². The maximum atomic E-state index is 10.6. The minimum Gasteiger partial charge on any atom is -0.457 e. The lowest BCUT2D eigenvalue weighted by Crippen LogP contribution is -2.49. The average molecular weight is 214 g/mol. The molecule has 0 radical (unpaired) electrons. The van der Waals surface area contributed by atoms with E-state index in [1.807, 2.05) is 0 Å². The molecule has 0 aromatic rings. The largest absolute Gasteiger partial charge is 0.457 e. The number of carbonyl (C=O) groups is 1. The van der Waals surface area contributed by atoms with Crippen molar-refractivity contribution >= 4 is 5.97 Å². The van der Waals surface area contributed by atoms with Gasteiger partial charge in [-0.2, -0.15) is 0 Å². The highest BCUT2D eigenvalue weighted by molar-refractivity contribution is 5.80. The van der Waals surface area contributed by atoms with E-state index in [2.05, 4.69) is 6.92 Å². The van der Waals surface area contributed by atoms with Gasteiger partial charge in [0, 0.05) is 0 Å². The summed E-state index contributed by atoms with van der Waals surface area (Å²) in [6, 6.07) is 0. The number of aliphatic hydroxyl groups excluding tert-OH is 1. The zero-order valence-electron chi connectivity index (χ0n) is 9.58. The first-order valence-corrected chi connectivity index (χ1v) is 6.14. The molecule has 0 saturated carbocycles. The second kappa shape index (κ2) is 6.83. The molecule has 2 unspecified atom stereocenters. The van der Waals surface area contributed by atoms with Crippen LogP contribution in [0.15, 0.2) is 0 Å². The molecule has 1 heterocycles. The highest BCUT2D eigenvalue weighted by atomic mass is 16.6. The molecule has 1 N–H and O–H groups in total. The second-order valence-corrected chi connectivity index (χ2v) is 4.33. The molecule has 1 aliphatic rings. The molecular formula is C12H22O3. The molecule has 0 aromatic heterocycles. The number of cyclic esters (lactones) is 1. The molecule has 0 aliphatic carbocycles. The summed E-state index contributed by atoms with van der Waals surface area (Å²) in [5.41, 5.74) is 0. The summed E-state index contributed by atoms with van der Waals surface area (Å²) in [4.78, 5) is 10.6. The van der Waals surface area contributed by atoms with E-state index in [0.29, 0.717) is 0 Å². The van der Waals surface area contributed by atoms with Crippen molar-refractivity contribution in [2.75, 3.05) is 0 Å². The number of hydrogen-bond acceptors (Lipinski definition) is 3. The monoisotopic (exact) mass is 214 g/mol. The third kappa shape index (κ3) is 4.20. The van der Waals surface area contributed by atoms with Crippen LogP contribution in [0.3, 0.4) is 0 Å². The molecule has 0 amide bonds. The molecular weight excluding hydrogens is 192 g/mol. The van der Waals surface area contributed by atoms with Gasteiger partial charge < -0.3 is 9.84 Å². The number of aliphatic hydroxyl groups is 1. The third-order valence-electron chi connectivity index (χ3n) is 2.95. The van der Waals surface area contributed by atoms with E-state index in [9.17, 15) is 9.90 Å². The van der Waals surface area contributed by atoms with E-state index < -0.39 is 12.1 Å². The lowest BCUT2D eigenvalue weighted by atomic mass is 10.0. The van der Waals surface area contributed by atoms with Gasteiger partial charge in [-0.15, -0.1) is 0 Å². The van der Waals surface area contributed by atoms with Crippen LogP contribution in [-0.2, 0) is 9.53 Å². The Labute approximate surface area is 91.8 Å². The predicted molar refractivity (Wildman–Crippen MR) is 58.5 cm³/mol. The quantitative estimate of drug-likeness (QED) is 0.498. The van der Waals surface area contributed by atoms with Crippen molar-refractivity contribution in [3.63, 3.8) is 0 Å². The smallest absolute Gasteiger partial charge is 0.339 e. The fourth-order valence-electron chi connectivity index (χ4n) is 1.88. The van der Waals surface area contributed by atoms with Gasteiger partial charge in [-0.05, 0) is 12.8 Å². The molecule has 1 aliphatic heterocycles. The Morgan fingerprint density at radius 3 is 2.27 bits per heavy atom. The first-order valence-electron chi connectivity index (χ1n) is 6.14. The Kier molecular flexibility index (Phi) is 5.69. The van der Waals surface area contributed by atoms with E-state index in [-0.39, 0.29) is 6.10 Å². The summed E-state index contributed by atoms with van der Waals surface area (Å²) < 4.78 is 4.81. The summed E-state index contributed by atoms with van der Waals surface area (Å²) >= 11 is 0. The lowest BCUT2D eigenvalue weighted by molar-refractivity contribution is -0.198. The van der Waals surface area contributed by atoms with Gasteiger partial charge in [0.05, 0.1) is 0 Å². The Morgan fingerprint density at radius 2 is 1.73 bits per heavy atom. The second-order valence-electron chi connectivity index (χ2n) is 4.33. The number of hydrogen-bond donors (Lipinski definition) is 1. The zero-order valence-corrected chi connectivity index (χ0v) is 9.58. The highest BCUT2D eigenvalue weighted by Crippen LogP contribution is 2.20. The van der Waals surface area contributed by atoms with Gasteiger partial charge in [-0.3, -0.25) is 0 Å². The molecule has 3 nitrogen and oxygen atoms in total. The summed E-state index contributed by atoms with van der Waals surface area (Å²) in [5.74, 6) is -0.456. The Balaban J connectivity index is 1.83. The van der Waals surface area contributed by atoms with Crippen LogP contribution in [-0.4, -0.2) is 23.3 Å². The highest BCUT2D eigenvalue weighted by Gasteiger charge is 2.39. The van der Waals surface area contributed by atoms with Crippen LogP contribution in [0.4, 0.5) is 0 Å². The predicted octanol–water partition coefficient (Wildman–Crippen LogP) is 2.41. The van der Waals surface area contributed by atoms with Gasteiger partial charge in [0.2, 0.25) is 0 Å². The van der Waals surface area contributed by atoms with E-state index in [1.54, 1.807) is 0 Å². The molecule has 0 bridgehead atoms. The van der Waals surface area contributed by atoms with E-state index >= 15 is 0 Å². The molecule has 1 rings (SSSR count). The molecule has 0 spiro atoms. The van der Waals surface area contributed by atoms with E-state index in [1.165, 1.54) is 38.5 Å². The molecule has 88 valence electrons. The maximum absolute atomic E-state index is 10.6. The molecule has 15 heavy (non-hydrogen) atoms. The fraction of sp³-hybridized carbons (Fsp3) is 0.917. The van der Waals surface area contributed by atoms with Crippen molar-refractivity contribution in [2.45, 2.75) is 70.5 Å².